The van der Waals surface area contributed by atoms with Crippen molar-refractivity contribution in [2.24, 2.45) is 11.3 Å². The van der Waals surface area contributed by atoms with E-state index in [9.17, 15) is 4.79 Å². The first kappa shape index (κ1) is 12.7. The van der Waals surface area contributed by atoms with Gasteiger partial charge in [0, 0.05) is 13.1 Å². The summed E-state index contributed by atoms with van der Waals surface area (Å²) in [6.45, 7) is 10.5. The van der Waals surface area contributed by atoms with Crippen molar-refractivity contribution in [2.75, 3.05) is 26.2 Å². The van der Waals surface area contributed by atoms with Gasteiger partial charge in [0.25, 0.3) is 0 Å². The van der Waals surface area contributed by atoms with Crippen LogP contribution in [0.15, 0.2) is 0 Å². The second kappa shape index (κ2) is 4.84. The van der Waals surface area contributed by atoms with Gasteiger partial charge in [-0.2, -0.15) is 0 Å². The molecule has 2 N–H and O–H groups in total. The number of hydrogen-bond acceptors (Lipinski definition) is 2. The summed E-state index contributed by atoms with van der Waals surface area (Å²) in [7, 11) is 0. The van der Waals surface area contributed by atoms with Crippen LogP contribution in [-0.2, 0) is 0 Å². The van der Waals surface area contributed by atoms with Crippen molar-refractivity contribution in [1.82, 2.24) is 15.5 Å². The third-order valence-corrected chi connectivity index (χ3v) is 3.91. The zero-order chi connectivity index (χ0) is 12.5. The largest absolute Gasteiger partial charge is 0.333 e. The molecule has 2 fully saturated rings. The molecule has 2 amide bonds. The highest BCUT2D eigenvalue weighted by Crippen LogP contribution is 2.24. The summed E-state index contributed by atoms with van der Waals surface area (Å²) in [5.41, 5.74) is 0.148. The molecule has 98 valence electrons. The molecule has 2 heterocycles. The van der Waals surface area contributed by atoms with Crippen molar-refractivity contribution in [3.05, 3.63) is 0 Å². The molecule has 4 nitrogen and oxygen atoms in total. The van der Waals surface area contributed by atoms with E-state index in [1.54, 1.807) is 0 Å². The number of amides is 2. The Hall–Kier alpha value is -0.770. The fourth-order valence-corrected chi connectivity index (χ4v) is 2.63. The van der Waals surface area contributed by atoms with Crippen LogP contribution >= 0.6 is 0 Å². The van der Waals surface area contributed by atoms with Crippen LogP contribution in [0.4, 0.5) is 4.79 Å². The standard InChI is InChI=1S/C13H25N3O/c1-13(2,3)11-9-16(12(17)15-11)8-10-5-4-6-14-7-10/h10-11,14H,4-9H2,1-3H3,(H,15,17). The minimum Gasteiger partial charge on any atom is -0.333 e. The lowest BCUT2D eigenvalue weighted by Gasteiger charge is -2.28. The van der Waals surface area contributed by atoms with Crippen LogP contribution in [0.3, 0.4) is 0 Å². The molecule has 2 saturated heterocycles. The fraction of sp³-hybridized carbons (Fsp3) is 0.923. The number of nitrogens with one attached hydrogen (secondary N) is 2. The lowest BCUT2D eigenvalue weighted by atomic mass is 9.87. The Morgan fingerprint density at radius 1 is 1.41 bits per heavy atom. The van der Waals surface area contributed by atoms with E-state index in [1.165, 1.54) is 12.8 Å². The van der Waals surface area contributed by atoms with Crippen LogP contribution in [0.25, 0.3) is 0 Å². The normalized spacial score (nSPS) is 30.5. The summed E-state index contributed by atoms with van der Waals surface area (Å²) >= 11 is 0. The topological polar surface area (TPSA) is 44.4 Å². The van der Waals surface area contributed by atoms with Crippen molar-refractivity contribution < 1.29 is 4.79 Å². The van der Waals surface area contributed by atoms with Gasteiger partial charge in [-0.3, -0.25) is 0 Å². The molecular formula is C13H25N3O. The minimum absolute atomic E-state index is 0.121. The molecule has 0 aromatic heterocycles. The zero-order valence-electron chi connectivity index (χ0n) is 11.3. The van der Waals surface area contributed by atoms with Crippen molar-refractivity contribution in [2.45, 2.75) is 39.7 Å². The first-order chi connectivity index (χ1) is 7.97. The van der Waals surface area contributed by atoms with Gasteiger partial charge in [-0.15, -0.1) is 0 Å². The second-order valence-corrected chi connectivity index (χ2v) is 6.49. The van der Waals surface area contributed by atoms with E-state index in [4.69, 9.17) is 0 Å². The molecular weight excluding hydrogens is 214 g/mol. The maximum absolute atomic E-state index is 11.9. The Morgan fingerprint density at radius 2 is 2.18 bits per heavy atom. The molecule has 0 aromatic rings. The Bertz CT molecular complexity index is 279. The van der Waals surface area contributed by atoms with Crippen LogP contribution < -0.4 is 10.6 Å². The van der Waals surface area contributed by atoms with Gasteiger partial charge in [0.1, 0.15) is 0 Å². The molecule has 4 heteroatoms. The summed E-state index contributed by atoms with van der Waals surface area (Å²) in [6.07, 6.45) is 2.49. The van der Waals surface area contributed by atoms with E-state index in [0.29, 0.717) is 5.92 Å². The number of carbonyl (C=O) groups is 1. The van der Waals surface area contributed by atoms with Crippen molar-refractivity contribution >= 4 is 6.03 Å². The van der Waals surface area contributed by atoms with Gasteiger partial charge in [0.2, 0.25) is 0 Å². The monoisotopic (exact) mass is 239 g/mol. The maximum atomic E-state index is 11.9. The van der Waals surface area contributed by atoms with E-state index >= 15 is 0 Å². The van der Waals surface area contributed by atoms with Gasteiger partial charge in [0.15, 0.2) is 0 Å². The van der Waals surface area contributed by atoms with E-state index < -0.39 is 0 Å². The van der Waals surface area contributed by atoms with Gasteiger partial charge >= 0.3 is 6.03 Å². The molecule has 2 rings (SSSR count). The minimum atomic E-state index is 0.121. The Morgan fingerprint density at radius 3 is 2.71 bits per heavy atom. The van der Waals surface area contributed by atoms with Crippen LogP contribution in [0.5, 0.6) is 0 Å². The molecule has 0 aromatic carbocycles. The summed E-state index contributed by atoms with van der Waals surface area (Å²) in [5.74, 6) is 0.633. The van der Waals surface area contributed by atoms with Crippen LogP contribution in [-0.4, -0.2) is 43.2 Å². The summed E-state index contributed by atoms with van der Waals surface area (Å²) in [5, 5.41) is 6.51. The van der Waals surface area contributed by atoms with E-state index in [0.717, 1.165) is 26.2 Å². The van der Waals surface area contributed by atoms with Crippen molar-refractivity contribution in [1.29, 1.82) is 0 Å². The third kappa shape index (κ3) is 3.12. The molecule has 2 unspecified atom stereocenters. The summed E-state index contributed by atoms with van der Waals surface area (Å²) < 4.78 is 0. The first-order valence-corrected chi connectivity index (χ1v) is 6.73. The smallest absolute Gasteiger partial charge is 0.317 e. The SMILES string of the molecule is CC(C)(C)C1CN(CC2CCCNC2)C(=O)N1. The maximum Gasteiger partial charge on any atom is 0.317 e. The average molecular weight is 239 g/mol. The van der Waals surface area contributed by atoms with Crippen molar-refractivity contribution in [3.63, 3.8) is 0 Å². The Balaban J connectivity index is 1.87. The van der Waals surface area contributed by atoms with Gasteiger partial charge in [-0.1, -0.05) is 20.8 Å². The lowest BCUT2D eigenvalue weighted by molar-refractivity contribution is 0.200. The predicted octanol–water partition coefficient (Wildman–Crippen LogP) is 1.43. The molecule has 0 radical (unpaired) electrons. The van der Waals surface area contributed by atoms with Crippen LogP contribution in [0, 0.1) is 11.3 Å². The molecule has 2 aliphatic rings. The lowest BCUT2D eigenvalue weighted by Crippen LogP contribution is -2.39. The van der Waals surface area contributed by atoms with Gasteiger partial charge in [0.05, 0.1) is 6.04 Å². The predicted molar refractivity (Wildman–Crippen MR) is 68.9 cm³/mol. The molecule has 0 aliphatic carbocycles. The average Bonchev–Trinajstić information content (AvgIpc) is 2.62. The molecule has 0 saturated carbocycles. The highest BCUT2D eigenvalue weighted by molar-refractivity contribution is 5.77. The van der Waals surface area contributed by atoms with Gasteiger partial charge in [-0.05, 0) is 37.3 Å². The van der Waals surface area contributed by atoms with E-state index in [2.05, 4.69) is 31.4 Å². The second-order valence-electron chi connectivity index (χ2n) is 6.49. The number of carbonyl (C=O) groups excluding carboxylic acids is 1. The van der Waals surface area contributed by atoms with E-state index in [-0.39, 0.29) is 17.5 Å². The van der Waals surface area contributed by atoms with Crippen molar-refractivity contribution in [3.8, 4) is 0 Å². The highest BCUT2D eigenvalue weighted by Gasteiger charge is 2.36. The molecule has 2 aliphatic heterocycles. The van der Waals surface area contributed by atoms with Crippen LogP contribution in [0.2, 0.25) is 0 Å². The number of piperidine rings is 1. The highest BCUT2D eigenvalue weighted by atomic mass is 16.2. The Kier molecular flexibility index (Phi) is 3.61. The summed E-state index contributed by atoms with van der Waals surface area (Å²) in [6, 6.07) is 0.405. The van der Waals surface area contributed by atoms with Gasteiger partial charge in [-0.25, -0.2) is 4.79 Å². The fourth-order valence-electron chi connectivity index (χ4n) is 2.63. The quantitative estimate of drug-likeness (QED) is 0.765. The first-order valence-electron chi connectivity index (χ1n) is 6.73. The summed E-state index contributed by atoms with van der Waals surface area (Å²) in [4.78, 5) is 13.9. The third-order valence-electron chi connectivity index (χ3n) is 3.91. The van der Waals surface area contributed by atoms with E-state index in [1.807, 2.05) is 4.90 Å². The van der Waals surface area contributed by atoms with Crippen LogP contribution in [0.1, 0.15) is 33.6 Å². The molecule has 0 bridgehead atoms. The Labute approximate surface area is 104 Å². The number of nitrogens with zero attached hydrogens (tertiary/aromatic N) is 1. The number of hydrogen-bond donors (Lipinski definition) is 2. The zero-order valence-corrected chi connectivity index (χ0v) is 11.3. The molecule has 2 atom stereocenters. The molecule has 17 heavy (non-hydrogen) atoms. The molecule has 0 spiro atoms. The van der Waals surface area contributed by atoms with Gasteiger partial charge < -0.3 is 15.5 Å². The number of rotatable bonds is 2. The number of urea groups is 1.